The highest BCUT2D eigenvalue weighted by Gasteiger charge is 2.21. The summed E-state index contributed by atoms with van der Waals surface area (Å²) in [5.74, 6) is 0.412. The van der Waals surface area contributed by atoms with Crippen molar-refractivity contribution in [3.8, 4) is 5.69 Å². The fourth-order valence-electron chi connectivity index (χ4n) is 3.98. The van der Waals surface area contributed by atoms with Crippen molar-refractivity contribution in [3.63, 3.8) is 0 Å². The Bertz CT molecular complexity index is 1340. The Balaban J connectivity index is 1.69. The molecule has 29 heavy (non-hydrogen) atoms. The lowest BCUT2D eigenvalue weighted by Gasteiger charge is -2.20. The summed E-state index contributed by atoms with van der Waals surface area (Å²) < 4.78 is 16.1. The van der Waals surface area contributed by atoms with Gasteiger partial charge in [0.1, 0.15) is 17.7 Å². The number of aryl methyl sites for hydroxylation is 1. The molecule has 0 spiro atoms. The van der Waals surface area contributed by atoms with E-state index in [1.807, 2.05) is 18.2 Å². The molecule has 0 bridgehead atoms. The summed E-state index contributed by atoms with van der Waals surface area (Å²) >= 11 is 0. The Morgan fingerprint density at radius 3 is 2.79 bits per heavy atom. The van der Waals surface area contributed by atoms with Gasteiger partial charge in [-0.25, -0.2) is 19.3 Å². The minimum Gasteiger partial charge on any atom is -0.360 e. The normalized spacial score (nSPS) is 12.5. The van der Waals surface area contributed by atoms with Crippen LogP contribution >= 0.6 is 0 Å². The van der Waals surface area contributed by atoms with Crippen molar-refractivity contribution < 1.29 is 4.39 Å². The SMILES string of the molecule is Cc1c(C(C)Nc2ncnc3nc[nH]c23)n(-c2cccc(F)c2)c2ccccc12. The number of H-pyrrole nitrogens is 1. The van der Waals surface area contributed by atoms with Crippen LogP contribution in [0.4, 0.5) is 10.2 Å². The number of fused-ring (bicyclic) bond motifs is 2. The number of rotatable bonds is 4. The first-order chi connectivity index (χ1) is 14.1. The van der Waals surface area contributed by atoms with Gasteiger partial charge in [0, 0.05) is 16.8 Å². The lowest BCUT2D eigenvalue weighted by molar-refractivity contribution is 0.626. The number of benzene rings is 2. The summed E-state index contributed by atoms with van der Waals surface area (Å²) in [6.45, 7) is 4.17. The molecule has 0 saturated carbocycles. The largest absolute Gasteiger partial charge is 0.360 e. The fourth-order valence-corrected chi connectivity index (χ4v) is 3.98. The molecule has 0 fully saturated rings. The molecule has 0 amide bonds. The van der Waals surface area contributed by atoms with Crippen molar-refractivity contribution in [1.82, 2.24) is 24.5 Å². The van der Waals surface area contributed by atoms with Crippen LogP contribution in [0, 0.1) is 12.7 Å². The van der Waals surface area contributed by atoms with Crippen LogP contribution in [0.25, 0.3) is 27.8 Å². The van der Waals surface area contributed by atoms with Crippen LogP contribution in [0.15, 0.2) is 61.2 Å². The van der Waals surface area contributed by atoms with Crippen LogP contribution in [0.3, 0.4) is 0 Å². The molecule has 0 aliphatic heterocycles. The quantitative estimate of drug-likeness (QED) is 0.460. The molecule has 6 nitrogen and oxygen atoms in total. The van der Waals surface area contributed by atoms with Crippen LogP contribution in [0.5, 0.6) is 0 Å². The van der Waals surface area contributed by atoms with E-state index >= 15 is 0 Å². The Hall–Kier alpha value is -3.74. The van der Waals surface area contributed by atoms with Crippen molar-refractivity contribution in [3.05, 3.63) is 78.3 Å². The van der Waals surface area contributed by atoms with Crippen LogP contribution in [-0.2, 0) is 0 Å². The Kier molecular flexibility index (Phi) is 4.01. The first-order valence-electron chi connectivity index (χ1n) is 9.40. The minimum atomic E-state index is -0.264. The maximum Gasteiger partial charge on any atom is 0.182 e. The zero-order chi connectivity index (χ0) is 20.0. The van der Waals surface area contributed by atoms with E-state index in [0.717, 1.165) is 33.4 Å². The number of anilines is 1. The molecule has 144 valence electrons. The van der Waals surface area contributed by atoms with Gasteiger partial charge in [-0.15, -0.1) is 0 Å². The van der Waals surface area contributed by atoms with Gasteiger partial charge in [0.15, 0.2) is 11.5 Å². The molecule has 0 radical (unpaired) electrons. The third-order valence-electron chi connectivity index (χ3n) is 5.23. The second kappa shape index (κ2) is 6.70. The van der Waals surface area contributed by atoms with Gasteiger partial charge in [0.05, 0.1) is 17.9 Å². The molecule has 0 aliphatic carbocycles. The average Bonchev–Trinajstić information content (AvgIpc) is 3.32. The van der Waals surface area contributed by atoms with Gasteiger partial charge < -0.3 is 14.9 Å². The van der Waals surface area contributed by atoms with Crippen LogP contribution in [0.2, 0.25) is 0 Å². The van der Waals surface area contributed by atoms with E-state index in [2.05, 4.69) is 55.8 Å². The van der Waals surface area contributed by atoms with E-state index in [-0.39, 0.29) is 11.9 Å². The van der Waals surface area contributed by atoms with E-state index in [4.69, 9.17) is 0 Å². The van der Waals surface area contributed by atoms with Gasteiger partial charge in [0.2, 0.25) is 0 Å². The van der Waals surface area contributed by atoms with E-state index in [1.54, 1.807) is 18.5 Å². The Morgan fingerprint density at radius 2 is 1.93 bits per heavy atom. The van der Waals surface area contributed by atoms with Gasteiger partial charge in [-0.1, -0.05) is 24.3 Å². The molecule has 5 rings (SSSR count). The van der Waals surface area contributed by atoms with Crippen molar-refractivity contribution in [1.29, 1.82) is 0 Å². The number of nitrogens with zero attached hydrogens (tertiary/aromatic N) is 4. The predicted octanol–water partition coefficient (Wildman–Crippen LogP) is 4.92. The molecule has 5 aromatic rings. The van der Waals surface area contributed by atoms with Gasteiger partial charge in [-0.2, -0.15) is 0 Å². The number of para-hydroxylation sites is 1. The van der Waals surface area contributed by atoms with Crippen LogP contribution in [0.1, 0.15) is 24.2 Å². The van der Waals surface area contributed by atoms with Crippen molar-refractivity contribution in [2.24, 2.45) is 0 Å². The van der Waals surface area contributed by atoms with Crippen molar-refractivity contribution in [2.75, 3.05) is 5.32 Å². The molecular weight excluding hydrogens is 367 g/mol. The number of hydrogen-bond acceptors (Lipinski definition) is 4. The van der Waals surface area contributed by atoms with Gasteiger partial charge >= 0.3 is 0 Å². The molecule has 1 unspecified atom stereocenters. The maximum absolute atomic E-state index is 14.0. The number of hydrogen-bond donors (Lipinski definition) is 2. The van der Waals surface area contributed by atoms with Crippen LogP contribution < -0.4 is 5.32 Å². The molecular formula is C22H19FN6. The van der Waals surface area contributed by atoms with Gasteiger partial charge in [-0.3, -0.25) is 0 Å². The van der Waals surface area contributed by atoms with Gasteiger partial charge in [-0.05, 0) is 43.7 Å². The average molecular weight is 386 g/mol. The first-order valence-corrected chi connectivity index (χ1v) is 9.40. The number of halogens is 1. The zero-order valence-electron chi connectivity index (χ0n) is 16.0. The van der Waals surface area contributed by atoms with E-state index in [9.17, 15) is 4.39 Å². The Labute approximate surface area is 166 Å². The zero-order valence-corrected chi connectivity index (χ0v) is 16.0. The second-order valence-corrected chi connectivity index (χ2v) is 7.03. The minimum absolute atomic E-state index is 0.105. The van der Waals surface area contributed by atoms with E-state index in [1.165, 1.54) is 12.4 Å². The van der Waals surface area contributed by atoms with Crippen LogP contribution in [-0.4, -0.2) is 24.5 Å². The third kappa shape index (κ3) is 2.82. The molecule has 2 aromatic carbocycles. The highest BCUT2D eigenvalue weighted by atomic mass is 19.1. The molecule has 7 heteroatoms. The van der Waals surface area contributed by atoms with Crippen molar-refractivity contribution >= 4 is 27.9 Å². The summed E-state index contributed by atoms with van der Waals surface area (Å²) in [5, 5.41) is 4.61. The number of imidazole rings is 1. The Morgan fingerprint density at radius 1 is 1.07 bits per heavy atom. The highest BCUT2D eigenvalue weighted by Crippen LogP contribution is 2.34. The fraction of sp³-hybridized carbons (Fsp3) is 0.136. The smallest absolute Gasteiger partial charge is 0.182 e. The summed E-state index contributed by atoms with van der Waals surface area (Å²) in [6.07, 6.45) is 3.09. The van der Waals surface area contributed by atoms with Gasteiger partial charge in [0.25, 0.3) is 0 Å². The third-order valence-corrected chi connectivity index (χ3v) is 5.23. The topological polar surface area (TPSA) is 71.4 Å². The summed E-state index contributed by atoms with van der Waals surface area (Å²) in [5.41, 5.74) is 5.37. The molecule has 0 saturated heterocycles. The van der Waals surface area contributed by atoms with E-state index < -0.39 is 0 Å². The molecule has 2 N–H and O–H groups in total. The number of nitrogens with one attached hydrogen (secondary N) is 2. The standard InChI is InChI=1S/C22H19FN6/c1-13-17-8-3-4-9-18(17)29(16-7-5-6-15(23)10-16)20(13)14(2)28-22-19-21(25-11-24-19)26-12-27-22/h3-12,14H,1-2H3,(H2,24,25,26,27,28). The molecule has 3 aromatic heterocycles. The summed E-state index contributed by atoms with van der Waals surface area (Å²) in [6, 6.07) is 14.7. The number of aromatic amines is 1. The summed E-state index contributed by atoms with van der Waals surface area (Å²) in [7, 11) is 0. The molecule has 3 heterocycles. The van der Waals surface area contributed by atoms with E-state index in [0.29, 0.717) is 11.5 Å². The lowest BCUT2D eigenvalue weighted by Crippen LogP contribution is -2.14. The second-order valence-electron chi connectivity index (χ2n) is 7.03. The highest BCUT2D eigenvalue weighted by molar-refractivity contribution is 5.88. The number of aromatic nitrogens is 5. The first kappa shape index (κ1) is 17.4. The predicted molar refractivity (Wildman–Crippen MR) is 112 cm³/mol. The molecule has 0 aliphatic rings. The summed E-state index contributed by atoms with van der Waals surface area (Å²) in [4.78, 5) is 15.8. The maximum atomic E-state index is 14.0. The van der Waals surface area contributed by atoms with Crippen molar-refractivity contribution in [2.45, 2.75) is 19.9 Å². The molecule has 1 atom stereocenters. The monoisotopic (exact) mass is 386 g/mol. The lowest BCUT2D eigenvalue weighted by atomic mass is 10.1.